The highest BCUT2D eigenvalue weighted by Gasteiger charge is 2.22. The summed E-state index contributed by atoms with van der Waals surface area (Å²) in [6.45, 7) is 3.60. The number of aromatic nitrogens is 2. The summed E-state index contributed by atoms with van der Waals surface area (Å²) >= 11 is 0. The number of benzene rings is 1. The number of carbonyl (C=O) groups is 1. The molecule has 20 heavy (non-hydrogen) atoms. The fourth-order valence-corrected chi connectivity index (χ4v) is 2.30. The van der Waals surface area contributed by atoms with Crippen molar-refractivity contribution in [1.29, 1.82) is 0 Å². The average molecular weight is 272 g/mol. The number of anilines is 1. The topological polar surface area (TPSA) is 80.1 Å². The van der Waals surface area contributed by atoms with E-state index in [4.69, 9.17) is 4.42 Å². The molecule has 1 saturated heterocycles. The van der Waals surface area contributed by atoms with E-state index in [1.54, 1.807) is 0 Å². The molecular formula is C14H16N4O2. The summed E-state index contributed by atoms with van der Waals surface area (Å²) in [6, 6.07) is 5.70. The first-order valence-corrected chi connectivity index (χ1v) is 6.63. The van der Waals surface area contributed by atoms with Gasteiger partial charge in [-0.25, -0.2) is 0 Å². The lowest BCUT2D eigenvalue weighted by molar-refractivity contribution is -0.119. The quantitative estimate of drug-likeness (QED) is 0.887. The molecule has 0 bridgehead atoms. The Labute approximate surface area is 116 Å². The first-order chi connectivity index (χ1) is 9.74. The van der Waals surface area contributed by atoms with Crippen molar-refractivity contribution in [3.05, 3.63) is 30.2 Å². The molecule has 1 amide bonds. The Morgan fingerprint density at radius 3 is 3.10 bits per heavy atom. The summed E-state index contributed by atoms with van der Waals surface area (Å²) < 4.78 is 5.17. The van der Waals surface area contributed by atoms with E-state index in [-0.39, 0.29) is 11.8 Å². The molecule has 6 heteroatoms. The summed E-state index contributed by atoms with van der Waals surface area (Å²) in [5.74, 6) is 0.547. The van der Waals surface area contributed by atoms with Gasteiger partial charge in [0.2, 0.25) is 18.2 Å². The van der Waals surface area contributed by atoms with E-state index >= 15 is 0 Å². The number of rotatable bonds is 3. The lowest BCUT2D eigenvalue weighted by Gasteiger charge is -2.12. The van der Waals surface area contributed by atoms with Crippen LogP contribution >= 0.6 is 0 Å². The van der Waals surface area contributed by atoms with E-state index in [0.29, 0.717) is 5.89 Å². The van der Waals surface area contributed by atoms with Gasteiger partial charge in [0.25, 0.3) is 0 Å². The Bertz CT molecular complexity index is 604. The van der Waals surface area contributed by atoms with Gasteiger partial charge in [-0.15, -0.1) is 10.2 Å². The Hall–Kier alpha value is -2.21. The first kappa shape index (κ1) is 12.8. The Morgan fingerprint density at radius 2 is 2.40 bits per heavy atom. The molecule has 104 valence electrons. The Kier molecular flexibility index (Phi) is 3.47. The van der Waals surface area contributed by atoms with Crippen LogP contribution in [0.15, 0.2) is 29.0 Å². The van der Waals surface area contributed by atoms with Gasteiger partial charge in [-0.1, -0.05) is 6.07 Å². The van der Waals surface area contributed by atoms with Crippen LogP contribution in [-0.4, -0.2) is 29.2 Å². The molecule has 0 spiro atoms. The lowest BCUT2D eigenvalue weighted by Crippen LogP contribution is -2.24. The van der Waals surface area contributed by atoms with Gasteiger partial charge in [-0.3, -0.25) is 4.79 Å². The van der Waals surface area contributed by atoms with Gasteiger partial charge in [-0.2, -0.15) is 0 Å². The summed E-state index contributed by atoms with van der Waals surface area (Å²) in [7, 11) is 0. The Balaban J connectivity index is 1.81. The van der Waals surface area contributed by atoms with Gasteiger partial charge < -0.3 is 15.1 Å². The molecular weight excluding hydrogens is 256 g/mol. The molecule has 0 radical (unpaired) electrons. The lowest BCUT2D eigenvalue weighted by atomic mass is 10.1. The molecule has 1 aliphatic heterocycles. The standard InChI is InChI=1S/C14H16N4O2/c1-9-2-3-10(14-18-16-8-20-14)6-12(9)17-13(19)11-4-5-15-7-11/h2-3,6,8,11,15H,4-5,7H2,1H3,(H,17,19). The van der Waals surface area contributed by atoms with E-state index in [9.17, 15) is 4.79 Å². The van der Waals surface area contributed by atoms with Crippen molar-refractivity contribution in [2.24, 2.45) is 5.92 Å². The number of amides is 1. The Morgan fingerprint density at radius 1 is 1.50 bits per heavy atom. The van der Waals surface area contributed by atoms with Crippen molar-refractivity contribution in [2.75, 3.05) is 18.4 Å². The van der Waals surface area contributed by atoms with Gasteiger partial charge >= 0.3 is 0 Å². The van der Waals surface area contributed by atoms with Crippen molar-refractivity contribution in [3.63, 3.8) is 0 Å². The molecule has 1 unspecified atom stereocenters. The maximum absolute atomic E-state index is 12.2. The van der Waals surface area contributed by atoms with Gasteiger partial charge in [0, 0.05) is 17.8 Å². The molecule has 1 aromatic heterocycles. The van der Waals surface area contributed by atoms with Crippen LogP contribution in [0.1, 0.15) is 12.0 Å². The van der Waals surface area contributed by atoms with E-state index in [1.807, 2.05) is 25.1 Å². The number of aryl methyl sites for hydroxylation is 1. The largest absolute Gasteiger partial charge is 0.423 e. The fourth-order valence-electron chi connectivity index (χ4n) is 2.30. The zero-order chi connectivity index (χ0) is 13.9. The summed E-state index contributed by atoms with van der Waals surface area (Å²) in [5, 5.41) is 13.7. The number of nitrogens with one attached hydrogen (secondary N) is 2. The maximum Gasteiger partial charge on any atom is 0.247 e. The second kappa shape index (κ2) is 5.42. The van der Waals surface area contributed by atoms with Crippen LogP contribution in [0.25, 0.3) is 11.5 Å². The molecule has 0 aliphatic carbocycles. The molecule has 0 saturated carbocycles. The van der Waals surface area contributed by atoms with Gasteiger partial charge in [0.05, 0.1) is 5.92 Å². The molecule has 3 rings (SSSR count). The highest BCUT2D eigenvalue weighted by atomic mass is 16.4. The zero-order valence-electron chi connectivity index (χ0n) is 11.2. The molecule has 2 heterocycles. The summed E-state index contributed by atoms with van der Waals surface area (Å²) in [5.41, 5.74) is 2.60. The van der Waals surface area contributed by atoms with Crippen LogP contribution in [-0.2, 0) is 4.79 Å². The minimum Gasteiger partial charge on any atom is -0.423 e. The first-order valence-electron chi connectivity index (χ1n) is 6.63. The van der Waals surface area contributed by atoms with Crippen LogP contribution < -0.4 is 10.6 Å². The molecule has 6 nitrogen and oxygen atoms in total. The number of hydrogen-bond donors (Lipinski definition) is 2. The van der Waals surface area contributed by atoms with Crippen LogP contribution in [0.2, 0.25) is 0 Å². The van der Waals surface area contributed by atoms with Crippen LogP contribution in [0.3, 0.4) is 0 Å². The highest BCUT2D eigenvalue weighted by molar-refractivity contribution is 5.94. The summed E-state index contributed by atoms with van der Waals surface area (Å²) in [6.07, 6.45) is 2.17. The highest BCUT2D eigenvalue weighted by Crippen LogP contribution is 2.24. The van der Waals surface area contributed by atoms with Crippen molar-refractivity contribution in [3.8, 4) is 11.5 Å². The smallest absolute Gasteiger partial charge is 0.247 e. The summed E-state index contributed by atoms with van der Waals surface area (Å²) in [4.78, 5) is 12.2. The predicted octanol–water partition coefficient (Wildman–Crippen LogP) is 1.59. The van der Waals surface area contributed by atoms with Crippen molar-refractivity contribution >= 4 is 11.6 Å². The van der Waals surface area contributed by atoms with Gasteiger partial charge in [0.15, 0.2) is 0 Å². The second-order valence-electron chi connectivity index (χ2n) is 4.95. The molecule has 2 N–H and O–H groups in total. The van der Waals surface area contributed by atoms with E-state index < -0.39 is 0 Å². The maximum atomic E-state index is 12.2. The third kappa shape index (κ3) is 2.55. The fraction of sp³-hybridized carbons (Fsp3) is 0.357. The third-order valence-electron chi connectivity index (χ3n) is 3.53. The van der Waals surface area contributed by atoms with Crippen molar-refractivity contribution in [2.45, 2.75) is 13.3 Å². The van der Waals surface area contributed by atoms with Gasteiger partial charge in [0.1, 0.15) is 0 Å². The average Bonchev–Trinajstić information content (AvgIpc) is 3.14. The minimum absolute atomic E-state index is 0.0430. The molecule has 1 atom stereocenters. The number of hydrogen-bond acceptors (Lipinski definition) is 5. The molecule has 1 aromatic carbocycles. The number of carbonyl (C=O) groups excluding carboxylic acids is 1. The van der Waals surface area contributed by atoms with Gasteiger partial charge in [-0.05, 0) is 37.6 Å². The molecule has 2 aromatic rings. The molecule has 1 fully saturated rings. The van der Waals surface area contributed by atoms with Crippen LogP contribution in [0, 0.1) is 12.8 Å². The SMILES string of the molecule is Cc1ccc(-c2nnco2)cc1NC(=O)C1CCNC1. The van der Waals surface area contributed by atoms with Crippen molar-refractivity contribution in [1.82, 2.24) is 15.5 Å². The van der Waals surface area contributed by atoms with E-state index in [2.05, 4.69) is 20.8 Å². The second-order valence-corrected chi connectivity index (χ2v) is 4.95. The van der Waals surface area contributed by atoms with E-state index in [1.165, 1.54) is 6.39 Å². The van der Waals surface area contributed by atoms with Crippen LogP contribution in [0.5, 0.6) is 0 Å². The third-order valence-corrected chi connectivity index (χ3v) is 3.53. The predicted molar refractivity (Wildman–Crippen MR) is 74.1 cm³/mol. The minimum atomic E-state index is 0.0430. The normalized spacial score (nSPS) is 18.1. The molecule has 1 aliphatic rings. The number of nitrogens with zero attached hydrogens (tertiary/aromatic N) is 2. The monoisotopic (exact) mass is 272 g/mol. The van der Waals surface area contributed by atoms with Crippen LogP contribution in [0.4, 0.5) is 5.69 Å². The zero-order valence-corrected chi connectivity index (χ0v) is 11.2. The van der Waals surface area contributed by atoms with E-state index in [0.717, 1.165) is 36.3 Å². The van der Waals surface area contributed by atoms with Crippen molar-refractivity contribution < 1.29 is 9.21 Å².